The first-order valence-corrected chi connectivity index (χ1v) is 6.19. The number of carboxylic acid groups (broad SMARTS) is 1. The summed E-state index contributed by atoms with van der Waals surface area (Å²) in [5.41, 5.74) is 4.77. The molecule has 0 bridgehead atoms. The van der Waals surface area contributed by atoms with E-state index in [1.54, 1.807) is 0 Å². The van der Waals surface area contributed by atoms with Gasteiger partial charge in [-0.1, -0.05) is 23.2 Å². The molecular formula is C11H10Cl2FN3O4. The van der Waals surface area contributed by atoms with Crippen LogP contribution in [0.15, 0.2) is 12.1 Å². The van der Waals surface area contributed by atoms with E-state index in [1.165, 1.54) is 0 Å². The fraction of sp³-hybridized carbons (Fsp3) is 0.182. The number of amides is 3. The second kappa shape index (κ2) is 7.09. The maximum Gasteiger partial charge on any atom is 0.326 e. The van der Waals surface area contributed by atoms with Crippen LogP contribution in [0.1, 0.15) is 6.42 Å². The van der Waals surface area contributed by atoms with Gasteiger partial charge in [0.2, 0.25) is 5.91 Å². The number of nitrogens with two attached hydrogens (primary N) is 1. The molecule has 1 aromatic rings. The van der Waals surface area contributed by atoms with Gasteiger partial charge in [0.15, 0.2) is 0 Å². The van der Waals surface area contributed by atoms with Crippen molar-refractivity contribution in [1.29, 1.82) is 0 Å². The number of hydrogen-bond donors (Lipinski definition) is 4. The van der Waals surface area contributed by atoms with Crippen molar-refractivity contribution in [3.8, 4) is 0 Å². The maximum atomic E-state index is 13.0. The lowest BCUT2D eigenvalue weighted by Crippen LogP contribution is -2.45. The topological polar surface area (TPSA) is 122 Å². The lowest BCUT2D eigenvalue weighted by molar-refractivity contribution is -0.140. The van der Waals surface area contributed by atoms with E-state index < -0.39 is 36.2 Å². The third-order valence-electron chi connectivity index (χ3n) is 2.25. The summed E-state index contributed by atoms with van der Waals surface area (Å²) >= 11 is 11.4. The van der Waals surface area contributed by atoms with Crippen molar-refractivity contribution in [2.24, 2.45) is 5.73 Å². The summed E-state index contributed by atoms with van der Waals surface area (Å²) in [4.78, 5) is 33.2. The Morgan fingerprint density at radius 1 is 1.29 bits per heavy atom. The second-order valence-corrected chi connectivity index (χ2v) is 4.72. The minimum atomic E-state index is -1.51. The van der Waals surface area contributed by atoms with Gasteiger partial charge < -0.3 is 21.5 Å². The van der Waals surface area contributed by atoms with Crippen LogP contribution < -0.4 is 16.4 Å². The van der Waals surface area contributed by atoms with Crippen molar-refractivity contribution >= 4 is 46.8 Å². The molecule has 1 aromatic carbocycles. The summed E-state index contributed by atoms with van der Waals surface area (Å²) in [7, 11) is 0. The normalized spacial score (nSPS) is 11.6. The molecule has 10 heteroatoms. The Kier molecular flexibility index (Phi) is 5.74. The molecule has 0 aliphatic carbocycles. The Balaban J connectivity index is 2.82. The van der Waals surface area contributed by atoms with Crippen LogP contribution in [-0.2, 0) is 9.59 Å². The lowest BCUT2D eigenvalue weighted by Gasteiger charge is -2.15. The first-order valence-electron chi connectivity index (χ1n) is 5.44. The van der Waals surface area contributed by atoms with Gasteiger partial charge in [-0.05, 0) is 12.1 Å². The zero-order chi connectivity index (χ0) is 16.2. The Labute approximate surface area is 128 Å². The van der Waals surface area contributed by atoms with Crippen molar-refractivity contribution in [1.82, 2.24) is 5.32 Å². The Hall–Kier alpha value is -2.06. The number of hydrogen-bond acceptors (Lipinski definition) is 3. The predicted molar refractivity (Wildman–Crippen MR) is 73.8 cm³/mol. The number of primary amides is 1. The molecule has 114 valence electrons. The average Bonchev–Trinajstić information content (AvgIpc) is 2.32. The van der Waals surface area contributed by atoms with Gasteiger partial charge in [0.25, 0.3) is 0 Å². The first-order chi connectivity index (χ1) is 9.70. The number of anilines is 1. The van der Waals surface area contributed by atoms with Gasteiger partial charge >= 0.3 is 12.0 Å². The van der Waals surface area contributed by atoms with Crippen molar-refractivity contribution in [2.75, 3.05) is 5.32 Å². The van der Waals surface area contributed by atoms with E-state index in [4.69, 9.17) is 34.0 Å². The van der Waals surface area contributed by atoms with Crippen molar-refractivity contribution in [3.63, 3.8) is 0 Å². The summed E-state index contributed by atoms with van der Waals surface area (Å²) in [6, 6.07) is -0.665. The molecule has 0 saturated heterocycles. The van der Waals surface area contributed by atoms with E-state index in [2.05, 4.69) is 5.32 Å². The molecule has 0 heterocycles. The average molecular weight is 338 g/mol. The predicted octanol–water partition coefficient (Wildman–Crippen LogP) is 1.58. The van der Waals surface area contributed by atoms with Gasteiger partial charge in [-0.2, -0.15) is 0 Å². The van der Waals surface area contributed by atoms with E-state index in [1.807, 2.05) is 5.32 Å². The maximum absolute atomic E-state index is 13.0. The SMILES string of the molecule is NC(=O)C[C@H](NC(=O)Nc1c(Cl)cc(F)cc1Cl)C(=O)O. The van der Waals surface area contributed by atoms with E-state index in [0.29, 0.717) is 0 Å². The highest BCUT2D eigenvalue weighted by Gasteiger charge is 2.23. The van der Waals surface area contributed by atoms with Crippen molar-refractivity contribution < 1.29 is 23.9 Å². The summed E-state index contributed by atoms with van der Waals surface area (Å²) in [6.45, 7) is 0. The van der Waals surface area contributed by atoms with E-state index in [0.717, 1.165) is 12.1 Å². The zero-order valence-corrected chi connectivity index (χ0v) is 11.8. The molecule has 0 aliphatic heterocycles. The molecule has 21 heavy (non-hydrogen) atoms. The number of halogens is 3. The molecule has 1 atom stereocenters. The molecule has 0 spiro atoms. The Morgan fingerprint density at radius 3 is 2.24 bits per heavy atom. The van der Waals surface area contributed by atoms with Crippen LogP contribution in [0, 0.1) is 5.82 Å². The van der Waals surface area contributed by atoms with Crippen molar-refractivity contribution in [2.45, 2.75) is 12.5 Å². The van der Waals surface area contributed by atoms with E-state index >= 15 is 0 Å². The van der Waals surface area contributed by atoms with E-state index in [9.17, 15) is 18.8 Å². The fourth-order valence-electron chi connectivity index (χ4n) is 1.37. The largest absolute Gasteiger partial charge is 0.480 e. The highest BCUT2D eigenvalue weighted by molar-refractivity contribution is 6.39. The van der Waals surface area contributed by atoms with Crippen LogP contribution in [-0.4, -0.2) is 29.1 Å². The lowest BCUT2D eigenvalue weighted by atomic mass is 10.2. The first kappa shape index (κ1) is 17.0. The number of aliphatic carboxylic acids is 1. The van der Waals surface area contributed by atoms with Gasteiger partial charge in [0, 0.05) is 0 Å². The molecule has 0 aromatic heterocycles. The molecule has 1 rings (SSSR count). The monoisotopic (exact) mass is 337 g/mol. The van der Waals surface area contributed by atoms with Crippen LogP contribution >= 0.6 is 23.2 Å². The van der Waals surface area contributed by atoms with Crippen LogP contribution in [0.4, 0.5) is 14.9 Å². The van der Waals surface area contributed by atoms with Crippen LogP contribution in [0.5, 0.6) is 0 Å². The fourth-order valence-corrected chi connectivity index (χ4v) is 1.93. The minimum Gasteiger partial charge on any atom is -0.480 e. The second-order valence-electron chi connectivity index (χ2n) is 3.90. The third kappa shape index (κ3) is 5.09. The molecule has 5 N–H and O–H groups in total. The standard InChI is InChI=1S/C11H10Cl2FN3O4/c12-5-1-4(14)2-6(13)9(5)17-11(21)16-7(10(19)20)3-8(15)18/h1-2,7H,3H2,(H2,15,18)(H,19,20)(H2,16,17,21)/t7-/m0/s1. The quantitative estimate of drug-likeness (QED) is 0.651. The molecule has 3 amide bonds. The van der Waals surface area contributed by atoms with Crippen LogP contribution in [0.3, 0.4) is 0 Å². The van der Waals surface area contributed by atoms with Crippen LogP contribution in [0.25, 0.3) is 0 Å². The number of benzene rings is 1. The Bertz CT molecular complexity index is 574. The number of carbonyl (C=O) groups excluding carboxylic acids is 2. The third-order valence-corrected chi connectivity index (χ3v) is 2.85. The zero-order valence-electron chi connectivity index (χ0n) is 10.3. The van der Waals surface area contributed by atoms with Gasteiger partial charge in [-0.25, -0.2) is 14.0 Å². The number of rotatable bonds is 5. The number of nitrogens with one attached hydrogen (secondary N) is 2. The summed E-state index contributed by atoms with van der Waals surface area (Å²) in [5, 5.41) is 12.7. The number of carboxylic acids is 1. The summed E-state index contributed by atoms with van der Waals surface area (Å²) < 4.78 is 13.0. The van der Waals surface area contributed by atoms with Crippen molar-refractivity contribution in [3.05, 3.63) is 28.0 Å². The molecule has 7 nitrogen and oxygen atoms in total. The van der Waals surface area contributed by atoms with Gasteiger partial charge in [0.05, 0.1) is 22.2 Å². The minimum absolute atomic E-state index is 0.0968. The van der Waals surface area contributed by atoms with Gasteiger partial charge in [-0.15, -0.1) is 0 Å². The Morgan fingerprint density at radius 2 is 1.81 bits per heavy atom. The molecule has 0 radical (unpaired) electrons. The molecule has 0 unspecified atom stereocenters. The highest BCUT2D eigenvalue weighted by atomic mass is 35.5. The molecule has 0 aliphatic rings. The van der Waals surface area contributed by atoms with Gasteiger partial charge in [0.1, 0.15) is 11.9 Å². The molecule has 0 saturated carbocycles. The summed E-state index contributed by atoms with van der Waals surface area (Å²) in [6.07, 6.45) is -0.590. The van der Waals surface area contributed by atoms with E-state index in [-0.39, 0.29) is 15.7 Å². The van der Waals surface area contributed by atoms with Crippen LogP contribution in [0.2, 0.25) is 10.0 Å². The molecule has 0 fully saturated rings. The van der Waals surface area contributed by atoms with Gasteiger partial charge in [-0.3, -0.25) is 4.79 Å². The number of urea groups is 1. The highest BCUT2D eigenvalue weighted by Crippen LogP contribution is 2.31. The summed E-state index contributed by atoms with van der Waals surface area (Å²) in [5.74, 6) is -3.05. The number of carbonyl (C=O) groups is 3. The molecular weight excluding hydrogens is 328 g/mol. The smallest absolute Gasteiger partial charge is 0.326 e.